The number of aromatic amines is 1. The van der Waals surface area contributed by atoms with E-state index in [1.54, 1.807) is 13.0 Å². The largest absolute Gasteiger partial charge is 0.448 e. The smallest absolute Gasteiger partial charge is 0.360 e. The summed E-state index contributed by atoms with van der Waals surface area (Å²) in [6.45, 7) is 1.68. The Morgan fingerprint density at radius 2 is 1.88 bits per heavy atom. The number of rotatable bonds is 4. The highest BCUT2D eigenvalue weighted by Crippen LogP contribution is 2.23. The van der Waals surface area contributed by atoms with Gasteiger partial charge in [0.2, 0.25) is 5.82 Å². The molecule has 1 N–H and O–H groups in total. The first-order chi connectivity index (χ1) is 12.2. The number of ether oxygens (including phenoxy) is 1. The molecule has 0 fully saturated rings. The van der Waals surface area contributed by atoms with Crippen molar-refractivity contribution in [3.8, 4) is 11.4 Å². The summed E-state index contributed by atoms with van der Waals surface area (Å²) in [5.74, 6) is 0.125. The van der Waals surface area contributed by atoms with E-state index in [2.05, 4.69) is 20.3 Å². The average Bonchev–Trinajstić information content (AvgIpc) is 3.30. The molecule has 0 saturated carbocycles. The van der Waals surface area contributed by atoms with E-state index in [0.717, 1.165) is 11.1 Å². The van der Waals surface area contributed by atoms with Gasteiger partial charge in [0.1, 0.15) is 0 Å². The molecular formula is C18H14N4O3. The maximum atomic E-state index is 12.4. The van der Waals surface area contributed by atoms with Crippen LogP contribution in [0.2, 0.25) is 0 Å². The maximum Gasteiger partial charge on any atom is 0.360 e. The molecule has 2 heterocycles. The number of aromatic nitrogens is 4. The van der Waals surface area contributed by atoms with Gasteiger partial charge < -0.3 is 9.26 Å². The van der Waals surface area contributed by atoms with Gasteiger partial charge in [-0.3, -0.25) is 5.10 Å². The molecule has 2 aromatic heterocycles. The number of nitrogens with zero attached hydrogens (tertiary/aromatic N) is 3. The normalized spacial score (nSPS) is 12.2. The number of fused-ring (bicyclic) bond motifs is 1. The van der Waals surface area contributed by atoms with Gasteiger partial charge in [-0.2, -0.15) is 10.1 Å². The molecule has 4 aromatic rings. The summed E-state index contributed by atoms with van der Waals surface area (Å²) in [6, 6.07) is 16.8. The molecule has 25 heavy (non-hydrogen) atoms. The fourth-order valence-electron chi connectivity index (χ4n) is 2.49. The van der Waals surface area contributed by atoms with Crippen LogP contribution in [-0.2, 0) is 4.74 Å². The second-order valence-corrected chi connectivity index (χ2v) is 5.49. The lowest BCUT2D eigenvalue weighted by atomic mass is 10.2. The Morgan fingerprint density at radius 1 is 1.12 bits per heavy atom. The number of benzene rings is 2. The molecule has 4 rings (SSSR count). The highest BCUT2D eigenvalue weighted by molar-refractivity contribution is 6.01. The van der Waals surface area contributed by atoms with Crippen LogP contribution >= 0.6 is 0 Å². The van der Waals surface area contributed by atoms with Crippen molar-refractivity contribution in [2.75, 3.05) is 0 Å². The summed E-state index contributed by atoms with van der Waals surface area (Å²) in [6.07, 6.45) is -0.687. The first-order valence-corrected chi connectivity index (χ1v) is 7.75. The zero-order valence-electron chi connectivity index (χ0n) is 13.3. The van der Waals surface area contributed by atoms with Crippen molar-refractivity contribution in [1.29, 1.82) is 0 Å². The lowest BCUT2D eigenvalue weighted by Crippen LogP contribution is -2.10. The van der Waals surface area contributed by atoms with Gasteiger partial charge in [-0.05, 0) is 13.0 Å². The fourth-order valence-corrected chi connectivity index (χ4v) is 2.49. The topological polar surface area (TPSA) is 93.9 Å². The van der Waals surface area contributed by atoms with Crippen LogP contribution in [0.15, 0.2) is 59.1 Å². The Kier molecular flexibility index (Phi) is 3.74. The predicted octanol–water partition coefficient (Wildman–Crippen LogP) is 3.53. The summed E-state index contributed by atoms with van der Waals surface area (Å²) in [5, 5.41) is 11.5. The Bertz CT molecular complexity index is 1020. The Hall–Kier alpha value is -3.48. The van der Waals surface area contributed by atoms with E-state index in [9.17, 15) is 4.79 Å². The van der Waals surface area contributed by atoms with Crippen LogP contribution < -0.4 is 0 Å². The van der Waals surface area contributed by atoms with Crippen molar-refractivity contribution in [2.45, 2.75) is 13.0 Å². The molecule has 0 unspecified atom stereocenters. The van der Waals surface area contributed by atoms with Crippen molar-refractivity contribution >= 4 is 16.9 Å². The molecule has 0 aliphatic heterocycles. The number of H-pyrrole nitrogens is 1. The standard InChI is InChI=1S/C18H14N4O3/c1-11(17-19-16(22-25-17)12-7-3-2-4-8-12)24-18(23)15-13-9-5-6-10-14(13)20-21-15/h2-11H,1H3,(H,20,21)/t11-/m0/s1. The first kappa shape index (κ1) is 15.1. The predicted molar refractivity (Wildman–Crippen MR) is 89.7 cm³/mol. The molecule has 0 saturated heterocycles. The average molecular weight is 334 g/mol. The van der Waals surface area contributed by atoms with Gasteiger partial charge in [0, 0.05) is 10.9 Å². The molecule has 7 nitrogen and oxygen atoms in total. The van der Waals surface area contributed by atoms with E-state index >= 15 is 0 Å². The van der Waals surface area contributed by atoms with Crippen molar-refractivity contribution in [1.82, 2.24) is 20.3 Å². The van der Waals surface area contributed by atoms with Crippen LogP contribution in [0.25, 0.3) is 22.3 Å². The summed E-state index contributed by atoms with van der Waals surface area (Å²) in [4.78, 5) is 16.7. The van der Waals surface area contributed by atoms with E-state index in [4.69, 9.17) is 9.26 Å². The van der Waals surface area contributed by atoms with Crippen LogP contribution in [-0.4, -0.2) is 26.3 Å². The summed E-state index contributed by atoms with van der Waals surface area (Å²) < 4.78 is 10.6. The highest BCUT2D eigenvalue weighted by Gasteiger charge is 2.22. The van der Waals surface area contributed by atoms with Gasteiger partial charge in [-0.1, -0.05) is 53.7 Å². The number of carbonyl (C=O) groups excluding carboxylic acids is 1. The van der Waals surface area contributed by atoms with Crippen molar-refractivity contribution in [3.05, 3.63) is 66.2 Å². The van der Waals surface area contributed by atoms with Crippen LogP contribution in [0.3, 0.4) is 0 Å². The minimum atomic E-state index is -0.687. The molecule has 1 atom stereocenters. The summed E-state index contributed by atoms with van der Waals surface area (Å²) in [5.41, 5.74) is 1.82. The van der Waals surface area contributed by atoms with E-state index in [0.29, 0.717) is 11.2 Å². The van der Waals surface area contributed by atoms with Crippen LogP contribution in [0, 0.1) is 0 Å². The van der Waals surface area contributed by atoms with Gasteiger partial charge in [-0.25, -0.2) is 4.79 Å². The third kappa shape index (κ3) is 2.87. The third-order valence-corrected chi connectivity index (χ3v) is 3.77. The van der Waals surface area contributed by atoms with Gasteiger partial charge in [0.05, 0.1) is 5.52 Å². The second-order valence-electron chi connectivity index (χ2n) is 5.49. The molecular weight excluding hydrogens is 320 g/mol. The van der Waals surface area contributed by atoms with Gasteiger partial charge in [0.15, 0.2) is 11.8 Å². The van der Waals surface area contributed by atoms with Crippen LogP contribution in [0.4, 0.5) is 0 Å². The molecule has 7 heteroatoms. The minimum absolute atomic E-state index is 0.227. The summed E-state index contributed by atoms with van der Waals surface area (Å²) >= 11 is 0. The number of hydrogen-bond acceptors (Lipinski definition) is 6. The SMILES string of the molecule is C[C@H](OC(=O)c1n[nH]c2ccccc12)c1nc(-c2ccccc2)no1. The van der Waals surface area contributed by atoms with Gasteiger partial charge in [0.25, 0.3) is 5.89 Å². The van der Waals surface area contributed by atoms with Crippen molar-refractivity contribution in [2.24, 2.45) is 0 Å². The quantitative estimate of drug-likeness (QED) is 0.574. The third-order valence-electron chi connectivity index (χ3n) is 3.77. The zero-order chi connectivity index (χ0) is 17.2. The van der Waals surface area contributed by atoms with Gasteiger partial charge in [-0.15, -0.1) is 0 Å². The van der Waals surface area contributed by atoms with Crippen LogP contribution in [0.5, 0.6) is 0 Å². The Labute approximate surface area is 142 Å². The fraction of sp³-hybridized carbons (Fsp3) is 0.111. The number of hydrogen-bond donors (Lipinski definition) is 1. The number of carbonyl (C=O) groups is 1. The molecule has 0 bridgehead atoms. The van der Waals surface area contributed by atoms with Crippen LogP contribution in [0.1, 0.15) is 29.4 Å². The lowest BCUT2D eigenvalue weighted by molar-refractivity contribution is 0.0261. The Balaban J connectivity index is 1.53. The highest BCUT2D eigenvalue weighted by atomic mass is 16.6. The maximum absolute atomic E-state index is 12.4. The minimum Gasteiger partial charge on any atom is -0.448 e. The van der Waals surface area contributed by atoms with Gasteiger partial charge >= 0.3 is 5.97 Å². The van der Waals surface area contributed by atoms with Crippen molar-refractivity contribution < 1.29 is 14.1 Å². The monoisotopic (exact) mass is 334 g/mol. The first-order valence-electron chi connectivity index (χ1n) is 7.75. The van der Waals surface area contributed by atoms with E-state index < -0.39 is 12.1 Å². The molecule has 0 radical (unpaired) electrons. The zero-order valence-corrected chi connectivity index (χ0v) is 13.3. The molecule has 0 spiro atoms. The Morgan fingerprint density at radius 3 is 2.72 bits per heavy atom. The number of esters is 1. The second kappa shape index (κ2) is 6.20. The molecule has 2 aromatic carbocycles. The van der Waals surface area contributed by atoms with E-state index in [1.165, 1.54) is 0 Å². The molecule has 0 aliphatic carbocycles. The summed E-state index contributed by atoms with van der Waals surface area (Å²) in [7, 11) is 0. The molecule has 0 aliphatic rings. The molecule has 0 amide bonds. The molecule has 124 valence electrons. The van der Waals surface area contributed by atoms with E-state index in [1.807, 2.05) is 48.5 Å². The number of para-hydroxylation sites is 1. The number of nitrogens with one attached hydrogen (secondary N) is 1. The van der Waals surface area contributed by atoms with E-state index in [-0.39, 0.29) is 11.6 Å². The lowest BCUT2D eigenvalue weighted by Gasteiger charge is -2.07. The van der Waals surface area contributed by atoms with Crippen molar-refractivity contribution in [3.63, 3.8) is 0 Å².